The minimum absolute atomic E-state index is 0. The minimum atomic E-state index is -1.17. The third-order valence-electron chi connectivity index (χ3n) is 5.23. The van der Waals surface area contributed by atoms with Crippen molar-refractivity contribution in [1.82, 2.24) is 9.80 Å². The maximum Gasteiger partial charge on any atom is 0.320 e. The molecule has 2 heterocycles. The zero-order valence-corrected chi connectivity index (χ0v) is 14.4. The number of carbonyl (C=O) groups is 1. The molecular weight excluding hydrogens is 328 g/mol. The smallest absolute Gasteiger partial charge is 0.320 e. The molecule has 8 heteroatoms. The van der Waals surface area contributed by atoms with Gasteiger partial charge in [0.15, 0.2) is 0 Å². The topological polar surface area (TPSA) is 114 Å². The van der Waals surface area contributed by atoms with Crippen LogP contribution in [-0.2, 0) is 9.53 Å². The van der Waals surface area contributed by atoms with Crippen LogP contribution in [0.1, 0.15) is 34.1 Å². The van der Waals surface area contributed by atoms with Gasteiger partial charge in [0.1, 0.15) is 24.4 Å². The van der Waals surface area contributed by atoms with Gasteiger partial charge in [0.05, 0.1) is 12.2 Å². The fraction of sp³-hybridized carbons (Fsp3) is 0.941. The van der Waals surface area contributed by atoms with Crippen LogP contribution in [0.2, 0.25) is 0 Å². The van der Waals surface area contributed by atoms with E-state index in [2.05, 4.69) is 4.90 Å². The van der Waals surface area contributed by atoms with Crippen molar-refractivity contribution in [2.45, 2.75) is 70.7 Å². The van der Waals surface area contributed by atoms with Gasteiger partial charge in [-0.3, -0.25) is 9.69 Å². The molecule has 2 aliphatic heterocycles. The highest BCUT2D eigenvalue weighted by atomic mass is 16.5. The highest BCUT2D eigenvalue weighted by molar-refractivity contribution is 5.72. The van der Waals surface area contributed by atoms with E-state index in [0.717, 1.165) is 39.1 Å². The largest absolute Gasteiger partial charge is 0.480 e. The van der Waals surface area contributed by atoms with Crippen molar-refractivity contribution in [3.63, 3.8) is 0 Å². The van der Waals surface area contributed by atoms with Gasteiger partial charge in [-0.15, -0.1) is 0 Å². The van der Waals surface area contributed by atoms with E-state index < -0.39 is 42.5 Å². The van der Waals surface area contributed by atoms with Gasteiger partial charge in [0.2, 0.25) is 0 Å². The fourth-order valence-electron chi connectivity index (χ4n) is 3.42. The molecule has 6 atom stereocenters. The van der Waals surface area contributed by atoms with Crippen LogP contribution in [0.4, 0.5) is 0 Å². The maximum atomic E-state index is 11.0. The third-order valence-corrected chi connectivity index (χ3v) is 5.23. The predicted molar refractivity (Wildman–Crippen MR) is 93.4 cm³/mol. The second-order valence-electron chi connectivity index (χ2n) is 6.89. The number of rotatable bonds is 6. The normalized spacial score (nSPS) is 35.8. The Labute approximate surface area is 150 Å². The Morgan fingerprint density at radius 3 is 2.28 bits per heavy atom. The summed E-state index contributed by atoms with van der Waals surface area (Å²) in [6.07, 6.45) is -2.82. The van der Waals surface area contributed by atoms with Crippen LogP contribution in [-0.4, -0.2) is 105 Å². The number of piperazine rings is 1. The molecule has 5 unspecified atom stereocenters. The lowest BCUT2D eigenvalue weighted by atomic mass is 9.93. The van der Waals surface area contributed by atoms with Crippen LogP contribution in [0.25, 0.3) is 0 Å². The lowest BCUT2D eigenvalue weighted by Gasteiger charge is -2.40. The zero-order chi connectivity index (χ0) is 17.9. The van der Waals surface area contributed by atoms with Gasteiger partial charge in [-0.2, -0.15) is 0 Å². The van der Waals surface area contributed by atoms with Crippen molar-refractivity contribution >= 4 is 5.97 Å². The summed E-state index contributed by atoms with van der Waals surface area (Å²) in [4.78, 5) is 15.2. The summed E-state index contributed by atoms with van der Waals surface area (Å²) in [5, 5.41) is 38.5. The van der Waals surface area contributed by atoms with Crippen molar-refractivity contribution in [3.05, 3.63) is 0 Å². The molecule has 8 nitrogen and oxygen atoms in total. The van der Waals surface area contributed by atoms with Crippen molar-refractivity contribution in [3.8, 4) is 0 Å². The van der Waals surface area contributed by atoms with Crippen LogP contribution < -0.4 is 0 Å². The number of carboxylic acid groups (broad SMARTS) is 1. The SMILES string of the molecule is C.CC1O[C@@H](CCCN2CCN(C(C)C(=O)O)CC2)C(O)C(O)C1O. The summed E-state index contributed by atoms with van der Waals surface area (Å²) in [5.74, 6) is -0.790. The van der Waals surface area contributed by atoms with Gasteiger partial charge < -0.3 is 30.1 Å². The predicted octanol–water partition coefficient (Wildman–Crippen LogP) is -0.637. The highest BCUT2D eigenvalue weighted by Gasteiger charge is 2.41. The van der Waals surface area contributed by atoms with E-state index in [0.29, 0.717) is 6.42 Å². The second-order valence-corrected chi connectivity index (χ2v) is 6.89. The van der Waals surface area contributed by atoms with Crippen LogP contribution in [0.5, 0.6) is 0 Å². The number of hydrogen-bond donors (Lipinski definition) is 4. The van der Waals surface area contributed by atoms with E-state index in [1.165, 1.54) is 0 Å². The van der Waals surface area contributed by atoms with Crippen LogP contribution in [0.15, 0.2) is 0 Å². The molecule has 0 aromatic carbocycles. The monoisotopic (exact) mass is 362 g/mol. The Balaban J connectivity index is 0.00000312. The molecule has 2 fully saturated rings. The molecule has 148 valence electrons. The van der Waals surface area contributed by atoms with E-state index in [1.54, 1.807) is 13.8 Å². The first-order valence-electron chi connectivity index (χ1n) is 8.70. The number of aliphatic hydroxyl groups excluding tert-OH is 3. The van der Waals surface area contributed by atoms with Crippen LogP contribution in [0.3, 0.4) is 0 Å². The van der Waals surface area contributed by atoms with E-state index in [-0.39, 0.29) is 7.43 Å². The Kier molecular flexibility index (Phi) is 8.73. The van der Waals surface area contributed by atoms with Crippen LogP contribution >= 0.6 is 0 Å². The quantitative estimate of drug-likeness (QED) is 0.494. The summed E-state index contributed by atoms with van der Waals surface area (Å²) in [5.41, 5.74) is 0. The van der Waals surface area contributed by atoms with Gasteiger partial charge in [-0.1, -0.05) is 7.43 Å². The molecule has 0 aromatic rings. The molecule has 2 aliphatic rings. The molecule has 2 saturated heterocycles. The molecule has 2 rings (SSSR count). The number of hydrogen-bond acceptors (Lipinski definition) is 7. The van der Waals surface area contributed by atoms with Gasteiger partial charge in [-0.25, -0.2) is 0 Å². The Bertz CT molecular complexity index is 416. The molecule has 0 spiro atoms. The van der Waals surface area contributed by atoms with Gasteiger partial charge in [-0.05, 0) is 33.2 Å². The Morgan fingerprint density at radius 1 is 1.12 bits per heavy atom. The molecule has 4 N–H and O–H groups in total. The average molecular weight is 362 g/mol. The lowest BCUT2D eigenvalue weighted by molar-refractivity contribution is -0.218. The highest BCUT2D eigenvalue weighted by Crippen LogP contribution is 2.24. The number of nitrogens with zero attached hydrogens (tertiary/aromatic N) is 2. The molecule has 0 aromatic heterocycles. The summed E-state index contributed by atoms with van der Waals surface area (Å²) in [7, 11) is 0. The summed E-state index contributed by atoms with van der Waals surface area (Å²) in [6, 6.07) is -0.452. The van der Waals surface area contributed by atoms with E-state index >= 15 is 0 Å². The van der Waals surface area contributed by atoms with Gasteiger partial charge in [0, 0.05) is 26.2 Å². The average Bonchev–Trinajstić information content (AvgIpc) is 2.57. The third kappa shape index (κ3) is 5.60. The standard InChI is InChI=1S/C16H30N2O6.CH4/c1-10(16(22)23)18-8-6-17(7-9-18)5-3-4-12-14(20)15(21)13(19)11(2)24-12;/h10-15,19-21H,3-9H2,1-2H3,(H,22,23);1H4/t10?,11?,12-,13?,14?,15?;/m0./s1. The second kappa shape index (κ2) is 9.80. The van der Waals surface area contributed by atoms with Gasteiger partial charge in [0.25, 0.3) is 0 Å². The number of aliphatic hydroxyl groups is 3. The molecule has 25 heavy (non-hydrogen) atoms. The Hall–Kier alpha value is -0.770. The zero-order valence-electron chi connectivity index (χ0n) is 14.4. The van der Waals surface area contributed by atoms with Crippen molar-refractivity contribution in [1.29, 1.82) is 0 Å². The van der Waals surface area contributed by atoms with Crippen molar-refractivity contribution < 1.29 is 30.0 Å². The molecule has 0 saturated carbocycles. The maximum absolute atomic E-state index is 11.0. The van der Waals surface area contributed by atoms with Crippen LogP contribution in [0, 0.1) is 0 Å². The lowest BCUT2D eigenvalue weighted by Crippen LogP contribution is -2.56. The van der Waals surface area contributed by atoms with Crippen molar-refractivity contribution in [2.75, 3.05) is 32.7 Å². The minimum Gasteiger partial charge on any atom is -0.480 e. The molecule has 0 bridgehead atoms. The molecule has 0 aliphatic carbocycles. The van der Waals surface area contributed by atoms with Gasteiger partial charge >= 0.3 is 5.97 Å². The summed E-state index contributed by atoms with van der Waals surface area (Å²) in [6.45, 7) is 7.36. The first-order chi connectivity index (χ1) is 11.3. The number of carboxylic acids is 1. The number of ether oxygens (including phenoxy) is 1. The molecule has 0 amide bonds. The first-order valence-corrected chi connectivity index (χ1v) is 8.70. The number of aliphatic carboxylic acids is 1. The summed E-state index contributed by atoms with van der Waals surface area (Å²) >= 11 is 0. The van der Waals surface area contributed by atoms with Crippen molar-refractivity contribution in [2.24, 2.45) is 0 Å². The van der Waals surface area contributed by atoms with E-state index in [9.17, 15) is 20.1 Å². The Morgan fingerprint density at radius 2 is 1.72 bits per heavy atom. The summed E-state index contributed by atoms with van der Waals surface area (Å²) < 4.78 is 5.59. The van der Waals surface area contributed by atoms with E-state index in [4.69, 9.17) is 9.84 Å². The molecule has 0 radical (unpaired) electrons. The molecular formula is C17H34N2O6. The van der Waals surface area contributed by atoms with E-state index in [1.807, 2.05) is 4.90 Å². The fourth-order valence-corrected chi connectivity index (χ4v) is 3.42. The first kappa shape index (κ1) is 22.3.